The first-order valence-electron chi connectivity index (χ1n) is 9.38. The summed E-state index contributed by atoms with van der Waals surface area (Å²) in [5.74, 6) is -2.27. The van der Waals surface area contributed by atoms with Gasteiger partial charge in [0.1, 0.15) is 11.4 Å². The van der Waals surface area contributed by atoms with E-state index in [4.69, 9.17) is 16.3 Å². The van der Waals surface area contributed by atoms with E-state index in [0.717, 1.165) is 7.11 Å². The average Bonchev–Trinajstić information content (AvgIpc) is 2.68. The number of ketones is 1. The largest absolute Gasteiger partial charge is 0.463 e. The number of methoxy groups -OCH3 is 1. The summed E-state index contributed by atoms with van der Waals surface area (Å²) in [7, 11) is 1.10. The van der Waals surface area contributed by atoms with E-state index in [0.29, 0.717) is 21.7 Å². The molecule has 2 aromatic rings. The van der Waals surface area contributed by atoms with Gasteiger partial charge in [-0.25, -0.2) is 19.0 Å². The number of ether oxygens (including phenoxy) is 2. The minimum Gasteiger partial charge on any atom is -0.463 e. The van der Waals surface area contributed by atoms with Crippen molar-refractivity contribution in [3.05, 3.63) is 58.9 Å². The summed E-state index contributed by atoms with van der Waals surface area (Å²) in [5, 5.41) is 1.65. The van der Waals surface area contributed by atoms with Crippen LogP contribution in [0, 0.1) is 5.82 Å². The van der Waals surface area contributed by atoms with Gasteiger partial charge in [0.2, 0.25) is 0 Å². The molecule has 0 unspecified atom stereocenters. The monoisotopic (exact) mass is 450 g/mol. The van der Waals surface area contributed by atoms with Crippen LogP contribution >= 0.6 is 11.6 Å². The third-order valence-corrected chi connectivity index (χ3v) is 4.20. The second-order valence-corrected chi connectivity index (χ2v) is 8.14. The van der Waals surface area contributed by atoms with Crippen molar-refractivity contribution in [2.75, 3.05) is 13.7 Å². The van der Waals surface area contributed by atoms with Gasteiger partial charge in [0.05, 0.1) is 13.7 Å². The number of Topliss-reactive ketones (excluding diaryl/α,β-unsaturated/α-hetero) is 1. The molecule has 31 heavy (non-hydrogen) atoms. The first-order valence-corrected chi connectivity index (χ1v) is 9.76. The van der Waals surface area contributed by atoms with Crippen molar-refractivity contribution in [3.63, 3.8) is 0 Å². The van der Waals surface area contributed by atoms with E-state index in [1.165, 1.54) is 23.2 Å². The molecule has 166 valence electrons. The van der Waals surface area contributed by atoms with Crippen LogP contribution < -0.4 is 5.43 Å². The molecule has 9 heteroatoms. The van der Waals surface area contributed by atoms with Gasteiger partial charge in [0, 0.05) is 17.1 Å². The van der Waals surface area contributed by atoms with Gasteiger partial charge in [0.15, 0.2) is 0 Å². The molecule has 0 fully saturated rings. The third-order valence-electron chi connectivity index (χ3n) is 3.96. The third kappa shape index (κ3) is 7.66. The molecule has 0 saturated carbocycles. The molecule has 0 saturated heterocycles. The molecule has 0 bridgehead atoms. The molecule has 0 aromatic heterocycles. The number of esters is 1. The first-order chi connectivity index (χ1) is 14.5. The average molecular weight is 451 g/mol. The molecule has 0 aliphatic carbocycles. The van der Waals surface area contributed by atoms with E-state index >= 15 is 0 Å². The molecular weight excluding hydrogens is 427 g/mol. The molecule has 1 amide bonds. The molecule has 0 radical (unpaired) electrons. The van der Waals surface area contributed by atoms with E-state index in [2.05, 4.69) is 10.2 Å². The van der Waals surface area contributed by atoms with Crippen molar-refractivity contribution in [3.8, 4) is 11.1 Å². The Morgan fingerprint density at radius 3 is 2.32 bits per heavy atom. The van der Waals surface area contributed by atoms with E-state index in [1.54, 1.807) is 45.0 Å². The van der Waals surface area contributed by atoms with Crippen molar-refractivity contribution in [1.82, 2.24) is 10.4 Å². The molecule has 0 heterocycles. The van der Waals surface area contributed by atoms with Crippen molar-refractivity contribution in [2.45, 2.75) is 32.9 Å². The Bertz CT molecular complexity index is 957. The fourth-order valence-electron chi connectivity index (χ4n) is 2.65. The van der Waals surface area contributed by atoms with Gasteiger partial charge in [-0.15, -0.1) is 0 Å². The highest BCUT2D eigenvalue weighted by molar-refractivity contribution is 6.34. The van der Waals surface area contributed by atoms with Crippen molar-refractivity contribution in [2.24, 2.45) is 0 Å². The number of carbonyl (C=O) groups excluding carboxylic acids is 3. The first kappa shape index (κ1) is 24.3. The number of rotatable bonds is 7. The Kier molecular flexibility index (Phi) is 8.13. The fraction of sp³-hybridized carbons (Fsp3) is 0.318. The lowest BCUT2D eigenvalue weighted by Gasteiger charge is -2.25. The Balaban J connectivity index is 2.18. The van der Waals surface area contributed by atoms with Crippen LogP contribution in [-0.2, 0) is 25.6 Å². The summed E-state index contributed by atoms with van der Waals surface area (Å²) >= 11 is 5.95. The van der Waals surface area contributed by atoms with Crippen LogP contribution in [0.15, 0.2) is 42.5 Å². The zero-order valence-corrected chi connectivity index (χ0v) is 18.5. The van der Waals surface area contributed by atoms with E-state index in [-0.39, 0.29) is 6.54 Å². The molecule has 0 spiro atoms. The topological polar surface area (TPSA) is 84.9 Å². The molecule has 1 N–H and O–H groups in total. The van der Waals surface area contributed by atoms with Crippen LogP contribution in [0.5, 0.6) is 0 Å². The minimum absolute atomic E-state index is 0.0836. The predicted octanol–water partition coefficient (Wildman–Crippen LogP) is 4.13. The molecule has 0 aliphatic rings. The van der Waals surface area contributed by atoms with Crippen LogP contribution in [0.2, 0.25) is 5.02 Å². The normalized spacial score (nSPS) is 11.2. The lowest BCUT2D eigenvalue weighted by atomic mass is 10.0. The minimum atomic E-state index is -1.03. The zero-order valence-electron chi connectivity index (χ0n) is 17.7. The smallest absolute Gasteiger partial charge is 0.422 e. The van der Waals surface area contributed by atoms with Crippen LogP contribution in [0.1, 0.15) is 26.3 Å². The summed E-state index contributed by atoms with van der Waals surface area (Å²) in [6.45, 7) is 4.76. The number of hydrogen-bond donors (Lipinski definition) is 1. The lowest BCUT2D eigenvalue weighted by molar-refractivity contribution is -0.152. The number of nitrogens with zero attached hydrogens (tertiary/aromatic N) is 1. The highest BCUT2D eigenvalue weighted by Gasteiger charge is 2.23. The summed E-state index contributed by atoms with van der Waals surface area (Å²) in [6.07, 6.45) is -0.775. The number of halogens is 2. The summed E-state index contributed by atoms with van der Waals surface area (Å²) in [5.41, 5.74) is 3.37. The number of nitrogens with one attached hydrogen (secondary N) is 1. The summed E-state index contributed by atoms with van der Waals surface area (Å²) in [4.78, 5) is 35.6. The van der Waals surface area contributed by atoms with Crippen molar-refractivity contribution < 1.29 is 28.2 Å². The number of hydrogen-bond acceptors (Lipinski definition) is 6. The van der Waals surface area contributed by atoms with Gasteiger partial charge < -0.3 is 9.47 Å². The maximum Gasteiger partial charge on any atom is 0.422 e. The Morgan fingerprint density at radius 1 is 1.10 bits per heavy atom. The van der Waals surface area contributed by atoms with Gasteiger partial charge in [-0.05, 0) is 50.1 Å². The number of amides is 1. The van der Waals surface area contributed by atoms with Crippen molar-refractivity contribution >= 4 is 29.4 Å². The Morgan fingerprint density at radius 2 is 1.74 bits per heavy atom. The van der Waals surface area contributed by atoms with E-state index < -0.39 is 35.8 Å². The Labute approximate surface area is 185 Å². The highest BCUT2D eigenvalue weighted by Crippen LogP contribution is 2.26. The van der Waals surface area contributed by atoms with E-state index in [1.807, 2.05) is 0 Å². The van der Waals surface area contributed by atoms with Crippen LogP contribution in [0.3, 0.4) is 0 Å². The molecular formula is C22H24ClFN2O5. The number of hydrazine groups is 1. The van der Waals surface area contributed by atoms with Crippen LogP contribution in [-0.4, -0.2) is 42.1 Å². The summed E-state index contributed by atoms with van der Waals surface area (Å²) < 4.78 is 23.7. The van der Waals surface area contributed by atoms with Gasteiger partial charge in [0.25, 0.3) is 5.78 Å². The van der Waals surface area contributed by atoms with Gasteiger partial charge in [-0.2, -0.15) is 0 Å². The van der Waals surface area contributed by atoms with Gasteiger partial charge >= 0.3 is 12.1 Å². The Hall–Kier alpha value is -2.97. The fourth-order valence-corrected chi connectivity index (χ4v) is 2.82. The quantitative estimate of drug-likeness (QED) is 0.388. The second kappa shape index (κ2) is 10.4. The second-order valence-electron chi connectivity index (χ2n) is 7.71. The van der Waals surface area contributed by atoms with Crippen LogP contribution in [0.4, 0.5) is 9.18 Å². The molecule has 2 rings (SSSR count). The lowest BCUT2D eigenvalue weighted by Crippen LogP contribution is -2.47. The SMILES string of the molecule is COC(=O)C(=O)CN(Cc1ccc(-c2cc(Cl)ccc2F)cc1)NC(=O)OC(C)(C)C. The maximum absolute atomic E-state index is 14.1. The molecule has 7 nitrogen and oxygen atoms in total. The van der Waals surface area contributed by atoms with Gasteiger partial charge in [-0.1, -0.05) is 35.9 Å². The summed E-state index contributed by atoms with van der Waals surface area (Å²) in [6, 6.07) is 11.1. The maximum atomic E-state index is 14.1. The van der Waals surface area contributed by atoms with Crippen LogP contribution in [0.25, 0.3) is 11.1 Å². The zero-order chi connectivity index (χ0) is 23.2. The predicted molar refractivity (Wildman–Crippen MR) is 114 cm³/mol. The molecule has 0 atom stereocenters. The molecule has 0 aliphatic heterocycles. The van der Waals surface area contributed by atoms with Crippen molar-refractivity contribution in [1.29, 1.82) is 0 Å². The number of benzene rings is 2. The highest BCUT2D eigenvalue weighted by atomic mass is 35.5. The molecule has 2 aromatic carbocycles. The van der Waals surface area contributed by atoms with Gasteiger partial charge in [-0.3, -0.25) is 10.2 Å². The van der Waals surface area contributed by atoms with E-state index in [9.17, 15) is 18.8 Å². The standard InChI is InChI=1S/C22H24ClFN2O5/c1-22(2,3)31-21(29)25-26(13-19(27)20(28)30-4)12-14-5-7-15(8-6-14)17-11-16(23)9-10-18(17)24/h5-11H,12-13H2,1-4H3,(H,25,29). The number of carbonyl (C=O) groups is 3.